The Morgan fingerprint density at radius 2 is 2.08 bits per heavy atom. The van der Waals surface area contributed by atoms with Crippen molar-refractivity contribution in [1.82, 2.24) is 14.6 Å². The maximum absolute atomic E-state index is 12.4. The molecule has 0 spiro atoms. The molecule has 11 heteroatoms. The molecule has 2 aromatic heterocycles. The number of aromatic nitrogens is 3. The Bertz CT molecular complexity index is 1010. The van der Waals surface area contributed by atoms with Gasteiger partial charge >= 0.3 is 0 Å². The number of fused-ring (bicyclic) bond motifs is 1. The molecule has 0 aliphatic carbocycles. The molecule has 0 bridgehead atoms. The smallest absolute Gasteiger partial charge is 0.292 e. The van der Waals surface area contributed by atoms with Crippen molar-refractivity contribution in [2.45, 2.75) is 17.3 Å². The van der Waals surface area contributed by atoms with Gasteiger partial charge in [-0.15, -0.1) is 10.2 Å². The number of para-hydroxylation sites is 2. The molecule has 1 atom stereocenters. The highest BCUT2D eigenvalue weighted by atomic mass is 35.5. The molecule has 0 radical (unpaired) electrons. The van der Waals surface area contributed by atoms with Gasteiger partial charge in [-0.25, -0.2) is 0 Å². The summed E-state index contributed by atoms with van der Waals surface area (Å²) in [5, 5.41) is 22.2. The number of benzene rings is 1. The third-order valence-electron chi connectivity index (χ3n) is 3.41. The van der Waals surface area contributed by atoms with Gasteiger partial charge in [0, 0.05) is 12.3 Å². The predicted molar refractivity (Wildman–Crippen MR) is 100 cm³/mol. The van der Waals surface area contributed by atoms with E-state index in [1.54, 1.807) is 29.7 Å². The number of thioether (sulfide) groups is 1. The maximum atomic E-state index is 12.4. The summed E-state index contributed by atoms with van der Waals surface area (Å²) in [6.45, 7) is 1.65. The van der Waals surface area contributed by atoms with Crippen molar-refractivity contribution in [3.63, 3.8) is 0 Å². The zero-order chi connectivity index (χ0) is 18.8. The normalized spacial score (nSPS) is 12.1. The second-order valence-corrected chi connectivity index (χ2v) is 7.36. The van der Waals surface area contributed by atoms with Gasteiger partial charge in [-0.3, -0.25) is 19.3 Å². The number of nitro groups is 1. The van der Waals surface area contributed by atoms with Crippen molar-refractivity contribution in [2.75, 3.05) is 5.32 Å². The number of anilines is 1. The molecule has 3 rings (SSSR count). The monoisotopic (exact) mass is 411 g/mol. The molecule has 1 N–H and O–H groups in total. The highest BCUT2D eigenvalue weighted by Crippen LogP contribution is 2.29. The predicted octanol–water partition coefficient (Wildman–Crippen LogP) is 4.06. The van der Waals surface area contributed by atoms with E-state index >= 15 is 0 Å². The Morgan fingerprint density at radius 3 is 2.81 bits per heavy atom. The minimum absolute atomic E-state index is 0.132. The van der Waals surface area contributed by atoms with Gasteiger partial charge in [0.05, 0.1) is 20.2 Å². The van der Waals surface area contributed by atoms with E-state index in [-0.39, 0.29) is 11.4 Å². The SMILES string of the molecule is CC(Sc1nnc2c(Cl)cc(Cl)cn12)C(=O)Nc1ccccc1[N+](=O)[O-]. The molecule has 3 aromatic rings. The molecule has 8 nitrogen and oxygen atoms in total. The van der Waals surface area contributed by atoms with Gasteiger partial charge in [0.1, 0.15) is 5.69 Å². The van der Waals surface area contributed by atoms with Crippen LogP contribution in [0.4, 0.5) is 11.4 Å². The van der Waals surface area contributed by atoms with Crippen LogP contribution in [-0.2, 0) is 4.79 Å². The fraction of sp³-hybridized carbons (Fsp3) is 0.133. The first-order valence-corrected chi connectivity index (χ1v) is 8.91. The number of nitrogens with zero attached hydrogens (tertiary/aromatic N) is 4. The fourth-order valence-corrected chi connectivity index (χ4v) is 3.50. The van der Waals surface area contributed by atoms with Crippen LogP contribution >= 0.6 is 35.0 Å². The highest BCUT2D eigenvalue weighted by molar-refractivity contribution is 8.00. The molecule has 0 fully saturated rings. The van der Waals surface area contributed by atoms with Crippen molar-refractivity contribution in [1.29, 1.82) is 0 Å². The minimum Gasteiger partial charge on any atom is -0.319 e. The van der Waals surface area contributed by atoms with Gasteiger partial charge in [-0.2, -0.15) is 0 Å². The Labute approximate surface area is 161 Å². The van der Waals surface area contributed by atoms with Crippen LogP contribution in [0.5, 0.6) is 0 Å². The first kappa shape index (κ1) is 18.4. The zero-order valence-electron chi connectivity index (χ0n) is 13.2. The van der Waals surface area contributed by atoms with E-state index in [1.807, 2.05) is 0 Å². The van der Waals surface area contributed by atoms with E-state index in [4.69, 9.17) is 23.2 Å². The second kappa shape index (κ2) is 7.48. The second-order valence-electron chi connectivity index (χ2n) is 5.21. The van der Waals surface area contributed by atoms with Gasteiger partial charge in [-0.1, -0.05) is 47.1 Å². The Hall–Kier alpha value is -2.36. The lowest BCUT2D eigenvalue weighted by Crippen LogP contribution is -2.23. The Balaban J connectivity index is 1.80. The van der Waals surface area contributed by atoms with Crippen LogP contribution in [0.3, 0.4) is 0 Å². The van der Waals surface area contributed by atoms with E-state index in [2.05, 4.69) is 15.5 Å². The molecule has 0 saturated carbocycles. The van der Waals surface area contributed by atoms with Crippen LogP contribution in [-0.4, -0.2) is 30.7 Å². The van der Waals surface area contributed by atoms with Crippen LogP contribution in [0, 0.1) is 10.1 Å². The Kier molecular flexibility index (Phi) is 5.30. The number of carbonyl (C=O) groups is 1. The number of hydrogen-bond acceptors (Lipinski definition) is 6. The standard InChI is InChI=1S/C15H11Cl2N5O3S/c1-8(14(23)18-11-4-2-3-5-12(11)22(24)25)26-15-20-19-13-10(17)6-9(16)7-21(13)15/h2-8H,1H3,(H,18,23). The van der Waals surface area contributed by atoms with Gasteiger partial charge in [0.25, 0.3) is 5.69 Å². The van der Waals surface area contributed by atoms with E-state index in [1.165, 1.54) is 18.2 Å². The van der Waals surface area contributed by atoms with Gasteiger partial charge in [0.2, 0.25) is 5.91 Å². The van der Waals surface area contributed by atoms with Crippen molar-refractivity contribution < 1.29 is 9.72 Å². The molecular weight excluding hydrogens is 401 g/mol. The van der Waals surface area contributed by atoms with E-state index in [0.29, 0.717) is 20.8 Å². The van der Waals surface area contributed by atoms with Gasteiger partial charge in [-0.05, 0) is 19.1 Å². The summed E-state index contributed by atoms with van der Waals surface area (Å²) in [7, 11) is 0. The number of carbonyl (C=O) groups excluding carboxylic acids is 1. The summed E-state index contributed by atoms with van der Waals surface area (Å²) in [6.07, 6.45) is 1.60. The Morgan fingerprint density at radius 1 is 1.35 bits per heavy atom. The third-order valence-corrected chi connectivity index (χ3v) is 4.95. The van der Waals surface area contributed by atoms with E-state index in [0.717, 1.165) is 11.8 Å². The van der Waals surface area contributed by atoms with E-state index < -0.39 is 16.1 Å². The van der Waals surface area contributed by atoms with Crippen LogP contribution in [0.25, 0.3) is 5.65 Å². The molecule has 1 aromatic carbocycles. The van der Waals surface area contributed by atoms with Crippen LogP contribution in [0.1, 0.15) is 6.92 Å². The summed E-state index contributed by atoms with van der Waals surface area (Å²) in [6, 6.07) is 7.48. The highest BCUT2D eigenvalue weighted by Gasteiger charge is 2.22. The number of pyridine rings is 1. The quantitative estimate of drug-likeness (QED) is 0.385. The molecule has 134 valence electrons. The summed E-state index contributed by atoms with van der Waals surface area (Å²) < 4.78 is 1.59. The lowest BCUT2D eigenvalue weighted by Gasteiger charge is -2.11. The third kappa shape index (κ3) is 3.74. The summed E-state index contributed by atoms with van der Waals surface area (Å²) >= 11 is 13.2. The lowest BCUT2D eigenvalue weighted by molar-refractivity contribution is -0.383. The lowest BCUT2D eigenvalue weighted by atomic mass is 10.2. The first-order chi connectivity index (χ1) is 12.4. The van der Waals surface area contributed by atoms with E-state index in [9.17, 15) is 14.9 Å². The zero-order valence-corrected chi connectivity index (χ0v) is 15.5. The number of rotatable bonds is 5. The van der Waals surface area contributed by atoms with Crippen LogP contribution < -0.4 is 5.32 Å². The number of amides is 1. The van der Waals surface area contributed by atoms with Crippen molar-refractivity contribution >= 4 is 57.9 Å². The van der Waals surface area contributed by atoms with Crippen molar-refractivity contribution in [3.8, 4) is 0 Å². The summed E-state index contributed by atoms with van der Waals surface area (Å²) in [4.78, 5) is 22.9. The van der Waals surface area contributed by atoms with Crippen molar-refractivity contribution in [3.05, 3.63) is 56.7 Å². The van der Waals surface area contributed by atoms with Gasteiger partial charge < -0.3 is 5.32 Å². The number of halogens is 2. The topological polar surface area (TPSA) is 102 Å². The average Bonchev–Trinajstić information content (AvgIpc) is 2.98. The van der Waals surface area contributed by atoms with Crippen LogP contribution in [0.15, 0.2) is 41.7 Å². The number of nitro benzene ring substituents is 1. The first-order valence-electron chi connectivity index (χ1n) is 7.27. The molecule has 0 aliphatic rings. The largest absolute Gasteiger partial charge is 0.319 e. The fourth-order valence-electron chi connectivity index (χ4n) is 2.17. The van der Waals surface area contributed by atoms with Crippen LogP contribution in [0.2, 0.25) is 10.0 Å². The molecule has 26 heavy (non-hydrogen) atoms. The minimum atomic E-state index is -0.597. The average molecular weight is 412 g/mol. The molecular formula is C15H11Cl2N5O3S. The number of nitrogens with one attached hydrogen (secondary N) is 1. The molecule has 2 heterocycles. The van der Waals surface area contributed by atoms with Gasteiger partial charge in [0.15, 0.2) is 10.8 Å². The number of hydrogen-bond donors (Lipinski definition) is 1. The summed E-state index contributed by atoms with van der Waals surface area (Å²) in [5.74, 6) is -0.408. The molecule has 1 amide bonds. The molecule has 0 saturated heterocycles. The summed E-state index contributed by atoms with van der Waals surface area (Å²) in [5.41, 5.74) is 0.376. The molecule has 1 unspecified atom stereocenters. The maximum Gasteiger partial charge on any atom is 0.292 e. The van der Waals surface area contributed by atoms with Crippen molar-refractivity contribution in [2.24, 2.45) is 0 Å². The molecule has 0 aliphatic heterocycles.